The second-order valence-corrected chi connectivity index (χ2v) is 6.31. The van der Waals surface area contributed by atoms with Gasteiger partial charge in [0.1, 0.15) is 17.5 Å². The minimum atomic E-state index is 0.416. The minimum absolute atomic E-state index is 0.416. The van der Waals surface area contributed by atoms with Crippen LogP contribution < -0.4 is 10.6 Å². The largest absolute Gasteiger partial charge is 0.381 e. The van der Waals surface area contributed by atoms with Gasteiger partial charge in [0.05, 0.1) is 0 Å². The summed E-state index contributed by atoms with van der Waals surface area (Å²) in [5.41, 5.74) is 1.11. The van der Waals surface area contributed by atoms with E-state index in [0.29, 0.717) is 17.9 Å². The number of hydrogen-bond acceptors (Lipinski definition) is 5. The number of aromatic nitrogens is 2. The molecule has 0 radical (unpaired) electrons. The number of rotatable bonds is 5. The molecule has 5 nitrogen and oxygen atoms in total. The van der Waals surface area contributed by atoms with Crippen LogP contribution in [0.15, 0.2) is 0 Å². The molecule has 1 saturated heterocycles. The molecule has 1 saturated carbocycles. The van der Waals surface area contributed by atoms with Gasteiger partial charge in [-0.1, -0.05) is 0 Å². The van der Waals surface area contributed by atoms with Crippen LogP contribution >= 0.6 is 0 Å². The van der Waals surface area contributed by atoms with E-state index in [1.165, 1.54) is 12.8 Å². The van der Waals surface area contributed by atoms with E-state index in [9.17, 15) is 0 Å². The lowest BCUT2D eigenvalue weighted by molar-refractivity contribution is 0.0622. The quantitative estimate of drug-likeness (QED) is 0.873. The van der Waals surface area contributed by atoms with E-state index >= 15 is 0 Å². The molecule has 5 heteroatoms. The Morgan fingerprint density at radius 1 is 1.10 bits per heavy atom. The molecule has 2 aliphatic rings. The Kier molecular flexibility index (Phi) is 4.29. The predicted octanol–water partition coefficient (Wildman–Crippen LogP) is 2.93. The lowest BCUT2D eigenvalue weighted by atomic mass is 9.93. The highest BCUT2D eigenvalue weighted by atomic mass is 16.5. The Balaban J connectivity index is 1.78. The number of hydrogen-bond donors (Lipinski definition) is 2. The first-order chi connectivity index (χ1) is 10.2. The Hall–Kier alpha value is -1.36. The molecular weight excluding hydrogens is 264 g/mol. The summed E-state index contributed by atoms with van der Waals surface area (Å²) in [4.78, 5) is 9.44. The smallest absolute Gasteiger partial charge is 0.136 e. The van der Waals surface area contributed by atoms with Crippen LogP contribution in [0.25, 0.3) is 0 Å². The van der Waals surface area contributed by atoms with Crippen molar-refractivity contribution in [3.8, 4) is 0 Å². The molecule has 0 amide bonds. The van der Waals surface area contributed by atoms with Gasteiger partial charge in [0.2, 0.25) is 0 Å². The van der Waals surface area contributed by atoms with Gasteiger partial charge in [-0.2, -0.15) is 0 Å². The number of nitrogens with zero attached hydrogens (tertiary/aromatic N) is 2. The first-order valence-electron chi connectivity index (χ1n) is 8.09. The topological polar surface area (TPSA) is 59.1 Å². The Bertz CT molecular complexity index is 495. The molecule has 0 aromatic carbocycles. The van der Waals surface area contributed by atoms with Crippen LogP contribution in [0.1, 0.15) is 49.9 Å². The molecule has 1 aromatic rings. The third kappa shape index (κ3) is 3.28. The second-order valence-electron chi connectivity index (χ2n) is 6.31. The molecule has 1 atom stereocenters. The van der Waals surface area contributed by atoms with E-state index < -0.39 is 0 Å². The Morgan fingerprint density at radius 3 is 2.38 bits per heavy atom. The first kappa shape index (κ1) is 14.6. The Morgan fingerprint density at radius 2 is 1.76 bits per heavy atom. The van der Waals surface area contributed by atoms with Gasteiger partial charge in [-0.05, 0) is 45.4 Å². The summed E-state index contributed by atoms with van der Waals surface area (Å²) >= 11 is 0. The zero-order valence-electron chi connectivity index (χ0n) is 13.3. The monoisotopic (exact) mass is 290 g/mol. The van der Waals surface area contributed by atoms with E-state index in [-0.39, 0.29) is 0 Å². The van der Waals surface area contributed by atoms with Crippen molar-refractivity contribution in [1.82, 2.24) is 9.97 Å². The van der Waals surface area contributed by atoms with E-state index in [1.54, 1.807) is 0 Å². The fourth-order valence-electron chi connectivity index (χ4n) is 2.99. The van der Waals surface area contributed by atoms with Crippen molar-refractivity contribution in [3.05, 3.63) is 11.4 Å². The van der Waals surface area contributed by atoms with Gasteiger partial charge in [-0.3, -0.25) is 0 Å². The standard InChI is InChI=1S/C16H26N4O/c1-10-14(17-3)19-16(13-4-5-13)20-15(10)18-11(2)12-6-8-21-9-7-12/h11-13H,4-9H2,1-3H3,(H2,17,18,19,20). The second kappa shape index (κ2) is 6.18. The summed E-state index contributed by atoms with van der Waals surface area (Å²) in [6.07, 6.45) is 4.71. The van der Waals surface area contributed by atoms with Crippen LogP contribution in [0.2, 0.25) is 0 Å². The Labute approximate surface area is 126 Å². The summed E-state index contributed by atoms with van der Waals surface area (Å²) in [5, 5.41) is 6.83. The maximum atomic E-state index is 5.46. The fraction of sp³-hybridized carbons (Fsp3) is 0.750. The molecule has 0 spiro atoms. The van der Waals surface area contributed by atoms with E-state index in [0.717, 1.165) is 49.1 Å². The highest BCUT2D eigenvalue weighted by Crippen LogP contribution is 2.39. The van der Waals surface area contributed by atoms with Gasteiger partial charge >= 0.3 is 0 Å². The van der Waals surface area contributed by atoms with Crippen LogP contribution in [-0.4, -0.2) is 36.3 Å². The van der Waals surface area contributed by atoms with Crippen LogP contribution in [-0.2, 0) is 4.74 Å². The molecule has 0 bridgehead atoms. The van der Waals surface area contributed by atoms with Gasteiger partial charge in [0, 0.05) is 37.8 Å². The molecule has 2 heterocycles. The number of anilines is 2. The average Bonchev–Trinajstić information content (AvgIpc) is 3.35. The van der Waals surface area contributed by atoms with Gasteiger partial charge in [-0.15, -0.1) is 0 Å². The lowest BCUT2D eigenvalue weighted by Crippen LogP contribution is -2.31. The molecule has 1 unspecified atom stereocenters. The van der Waals surface area contributed by atoms with Crippen molar-refractivity contribution in [1.29, 1.82) is 0 Å². The summed E-state index contributed by atoms with van der Waals surface area (Å²) < 4.78 is 5.46. The summed E-state index contributed by atoms with van der Waals surface area (Å²) in [5.74, 6) is 4.17. The van der Waals surface area contributed by atoms with Gasteiger partial charge in [0.25, 0.3) is 0 Å². The lowest BCUT2D eigenvalue weighted by Gasteiger charge is -2.29. The maximum Gasteiger partial charge on any atom is 0.136 e. The molecule has 116 valence electrons. The van der Waals surface area contributed by atoms with E-state index in [1.807, 2.05) is 7.05 Å². The molecule has 1 aromatic heterocycles. The van der Waals surface area contributed by atoms with Crippen molar-refractivity contribution in [3.63, 3.8) is 0 Å². The molecule has 2 N–H and O–H groups in total. The number of nitrogens with one attached hydrogen (secondary N) is 2. The zero-order chi connectivity index (χ0) is 14.8. The van der Waals surface area contributed by atoms with Crippen molar-refractivity contribution in [2.24, 2.45) is 5.92 Å². The average molecular weight is 290 g/mol. The molecule has 21 heavy (non-hydrogen) atoms. The van der Waals surface area contributed by atoms with Gasteiger partial charge in [0.15, 0.2) is 0 Å². The summed E-state index contributed by atoms with van der Waals surface area (Å²) in [6, 6.07) is 0.416. The highest BCUT2D eigenvalue weighted by molar-refractivity contribution is 5.57. The predicted molar refractivity (Wildman–Crippen MR) is 84.9 cm³/mol. The van der Waals surface area contributed by atoms with Crippen molar-refractivity contribution < 1.29 is 4.74 Å². The number of ether oxygens (including phenoxy) is 1. The summed E-state index contributed by atoms with van der Waals surface area (Å²) in [6.45, 7) is 6.11. The zero-order valence-corrected chi connectivity index (χ0v) is 13.3. The third-order valence-corrected chi connectivity index (χ3v) is 4.68. The molecule has 1 aliphatic heterocycles. The SMILES string of the molecule is CNc1nc(C2CC2)nc(NC(C)C2CCOCC2)c1C. The maximum absolute atomic E-state index is 5.46. The van der Waals surface area contributed by atoms with Gasteiger partial charge < -0.3 is 15.4 Å². The van der Waals surface area contributed by atoms with Crippen LogP contribution in [0.3, 0.4) is 0 Å². The first-order valence-corrected chi connectivity index (χ1v) is 8.09. The van der Waals surface area contributed by atoms with Crippen LogP contribution in [0.4, 0.5) is 11.6 Å². The fourth-order valence-corrected chi connectivity index (χ4v) is 2.99. The summed E-state index contributed by atoms with van der Waals surface area (Å²) in [7, 11) is 1.93. The minimum Gasteiger partial charge on any atom is -0.381 e. The van der Waals surface area contributed by atoms with Crippen LogP contribution in [0.5, 0.6) is 0 Å². The van der Waals surface area contributed by atoms with E-state index in [2.05, 4.69) is 29.5 Å². The van der Waals surface area contributed by atoms with Gasteiger partial charge in [-0.25, -0.2) is 9.97 Å². The molecule has 3 rings (SSSR count). The molecule has 2 fully saturated rings. The third-order valence-electron chi connectivity index (χ3n) is 4.68. The molecule has 1 aliphatic carbocycles. The van der Waals surface area contributed by atoms with E-state index in [4.69, 9.17) is 9.72 Å². The van der Waals surface area contributed by atoms with Crippen LogP contribution in [0, 0.1) is 12.8 Å². The normalized spacial score (nSPS) is 21.1. The van der Waals surface area contributed by atoms with Crippen molar-refractivity contribution >= 4 is 11.6 Å². The van der Waals surface area contributed by atoms with Crippen molar-refractivity contribution in [2.45, 2.75) is 51.5 Å². The highest BCUT2D eigenvalue weighted by Gasteiger charge is 2.29. The van der Waals surface area contributed by atoms with Crippen molar-refractivity contribution in [2.75, 3.05) is 30.9 Å². The molecular formula is C16H26N4O.